The van der Waals surface area contributed by atoms with Gasteiger partial charge in [0, 0.05) is 11.2 Å². The summed E-state index contributed by atoms with van der Waals surface area (Å²) in [6, 6.07) is 12.2. The van der Waals surface area contributed by atoms with Gasteiger partial charge >= 0.3 is 0 Å². The molecule has 24 heavy (non-hydrogen) atoms. The summed E-state index contributed by atoms with van der Waals surface area (Å²) in [5, 5.41) is 11.7. The number of carbonyl (C=O) groups excluding carboxylic acids is 1. The monoisotopic (exact) mass is 344 g/mol. The van der Waals surface area contributed by atoms with Crippen LogP contribution in [0, 0.1) is 0 Å². The van der Waals surface area contributed by atoms with Gasteiger partial charge in [0.15, 0.2) is 17.6 Å². The van der Waals surface area contributed by atoms with E-state index in [1.165, 1.54) is 0 Å². The summed E-state index contributed by atoms with van der Waals surface area (Å²) in [5.41, 5.74) is 0.735. The molecule has 2 unspecified atom stereocenters. The van der Waals surface area contributed by atoms with Gasteiger partial charge in [-0.2, -0.15) is 0 Å². The first-order valence-corrected chi connectivity index (χ1v) is 7.94. The van der Waals surface area contributed by atoms with E-state index in [0.29, 0.717) is 16.6 Å². The van der Waals surface area contributed by atoms with Gasteiger partial charge in [0.1, 0.15) is 5.75 Å². The number of fused-ring (bicyclic) bond motifs is 1. The Bertz CT molecular complexity index is 847. The Morgan fingerprint density at radius 2 is 1.92 bits per heavy atom. The van der Waals surface area contributed by atoms with Crippen molar-refractivity contribution in [2.24, 2.45) is 0 Å². The number of ether oxygens (including phenoxy) is 1. The minimum Gasteiger partial charge on any atom is -0.481 e. The van der Waals surface area contributed by atoms with Crippen molar-refractivity contribution in [3.63, 3.8) is 0 Å². The average molecular weight is 345 g/mol. The number of hydrogen-bond donors (Lipinski definition) is 1. The molecule has 0 aliphatic heterocycles. The zero-order chi connectivity index (χ0) is 17.1. The van der Waals surface area contributed by atoms with Gasteiger partial charge < -0.3 is 10.1 Å². The van der Waals surface area contributed by atoms with Gasteiger partial charge in [0.05, 0.1) is 6.04 Å². The third kappa shape index (κ3) is 3.49. The van der Waals surface area contributed by atoms with Crippen molar-refractivity contribution in [1.82, 2.24) is 19.9 Å². The molecule has 2 aromatic heterocycles. The zero-order valence-corrected chi connectivity index (χ0v) is 14.1. The molecule has 2 atom stereocenters. The number of halogens is 1. The first kappa shape index (κ1) is 16.3. The van der Waals surface area contributed by atoms with Crippen LogP contribution in [-0.4, -0.2) is 26.6 Å². The fraction of sp³-hybridized carbons (Fsp3) is 0.235. The lowest BCUT2D eigenvalue weighted by molar-refractivity contribution is -0.128. The maximum absolute atomic E-state index is 12.3. The van der Waals surface area contributed by atoms with Crippen molar-refractivity contribution in [3.8, 4) is 5.75 Å². The van der Waals surface area contributed by atoms with E-state index in [2.05, 4.69) is 15.5 Å². The lowest BCUT2D eigenvalue weighted by atomic mass is 10.2. The molecule has 7 heteroatoms. The summed E-state index contributed by atoms with van der Waals surface area (Å²) in [4.78, 5) is 12.3. The van der Waals surface area contributed by atoms with E-state index in [1.807, 2.05) is 35.7 Å². The van der Waals surface area contributed by atoms with Crippen LogP contribution in [0.3, 0.4) is 0 Å². The second-order valence-corrected chi connectivity index (χ2v) is 5.87. The van der Waals surface area contributed by atoms with Crippen LogP contribution in [0.5, 0.6) is 5.75 Å². The number of amides is 1. The van der Waals surface area contributed by atoms with Crippen molar-refractivity contribution in [2.45, 2.75) is 26.0 Å². The molecule has 0 aliphatic rings. The van der Waals surface area contributed by atoms with Gasteiger partial charge in [0.2, 0.25) is 0 Å². The van der Waals surface area contributed by atoms with Gasteiger partial charge in [-0.1, -0.05) is 17.7 Å². The fourth-order valence-electron chi connectivity index (χ4n) is 2.32. The molecule has 0 radical (unpaired) electrons. The van der Waals surface area contributed by atoms with Crippen LogP contribution in [0.2, 0.25) is 5.02 Å². The van der Waals surface area contributed by atoms with Crippen molar-refractivity contribution in [1.29, 1.82) is 0 Å². The third-order valence-electron chi connectivity index (χ3n) is 3.58. The van der Waals surface area contributed by atoms with Crippen LogP contribution in [-0.2, 0) is 4.79 Å². The average Bonchev–Trinajstić information content (AvgIpc) is 3.01. The maximum atomic E-state index is 12.3. The zero-order valence-electron chi connectivity index (χ0n) is 13.3. The lowest BCUT2D eigenvalue weighted by Crippen LogP contribution is -2.38. The highest BCUT2D eigenvalue weighted by atomic mass is 35.5. The molecular formula is C17H17ClN4O2. The lowest BCUT2D eigenvalue weighted by Gasteiger charge is -2.18. The van der Waals surface area contributed by atoms with E-state index < -0.39 is 6.10 Å². The molecule has 0 fully saturated rings. The van der Waals surface area contributed by atoms with Gasteiger partial charge in [-0.15, -0.1) is 10.2 Å². The minimum absolute atomic E-state index is 0.231. The molecule has 0 bridgehead atoms. The van der Waals surface area contributed by atoms with Crippen LogP contribution < -0.4 is 10.1 Å². The molecule has 3 rings (SSSR count). The Kier molecular flexibility index (Phi) is 4.66. The van der Waals surface area contributed by atoms with Crippen LogP contribution in [0.15, 0.2) is 48.7 Å². The minimum atomic E-state index is -0.646. The van der Waals surface area contributed by atoms with Gasteiger partial charge in [-0.05, 0) is 50.2 Å². The highest BCUT2D eigenvalue weighted by Crippen LogP contribution is 2.17. The van der Waals surface area contributed by atoms with Crippen LogP contribution >= 0.6 is 11.6 Å². The molecule has 2 heterocycles. The number of carbonyl (C=O) groups is 1. The standard InChI is InChI=1S/C17H17ClN4O2/c1-11(16-21-20-15-5-3-4-10-22(15)16)19-17(23)12(2)24-14-8-6-13(18)7-9-14/h3-12H,1-2H3,(H,19,23). The van der Waals surface area contributed by atoms with E-state index in [1.54, 1.807) is 31.2 Å². The normalized spacial score (nSPS) is 13.5. The second-order valence-electron chi connectivity index (χ2n) is 5.43. The molecule has 0 spiro atoms. The van der Waals surface area contributed by atoms with E-state index in [9.17, 15) is 4.79 Å². The summed E-state index contributed by atoms with van der Waals surface area (Å²) >= 11 is 5.83. The fourth-order valence-corrected chi connectivity index (χ4v) is 2.45. The Hall–Kier alpha value is -2.60. The summed E-state index contributed by atoms with van der Waals surface area (Å²) in [5.74, 6) is 1.02. The van der Waals surface area contributed by atoms with E-state index in [4.69, 9.17) is 16.3 Å². The van der Waals surface area contributed by atoms with E-state index in [0.717, 1.165) is 5.65 Å². The van der Waals surface area contributed by atoms with Crippen molar-refractivity contribution in [3.05, 3.63) is 59.5 Å². The third-order valence-corrected chi connectivity index (χ3v) is 3.83. The predicted octanol–water partition coefficient (Wildman–Crippen LogP) is 3.03. The Morgan fingerprint density at radius 3 is 2.67 bits per heavy atom. The molecule has 124 valence electrons. The molecular weight excluding hydrogens is 328 g/mol. The van der Waals surface area contributed by atoms with Crippen molar-refractivity contribution < 1.29 is 9.53 Å². The molecule has 3 aromatic rings. The first-order chi connectivity index (χ1) is 11.5. The topological polar surface area (TPSA) is 68.5 Å². The number of rotatable bonds is 5. The SMILES string of the molecule is CC(Oc1ccc(Cl)cc1)C(=O)NC(C)c1nnc2ccccn12. The smallest absolute Gasteiger partial charge is 0.261 e. The number of hydrogen-bond acceptors (Lipinski definition) is 4. The molecule has 1 N–H and O–H groups in total. The first-order valence-electron chi connectivity index (χ1n) is 7.57. The quantitative estimate of drug-likeness (QED) is 0.772. The highest BCUT2D eigenvalue weighted by molar-refractivity contribution is 6.30. The van der Waals surface area contributed by atoms with Crippen LogP contribution in [0.25, 0.3) is 5.65 Å². The van der Waals surface area contributed by atoms with Crippen LogP contribution in [0.1, 0.15) is 25.7 Å². The predicted molar refractivity (Wildman–Crippen MR) is 91.1 cm³/mol. The Morgan fingerprint density at radius 1 is 1.17 bits per heavy atom. The molecule has 0 saturated heterocycles. The summed E-state index contributed by atoms with van der Waals surface area (Å²) < 4.78 is 7.47. The second kappa shape index (κ2) is 6.88. The van der Waals surface area contributed by atoms with E-state index >= 15 is 0 Å². The Labute approximate surface area is 144 Å². The molecule has 1 amide bonds. The van der Waals surface area contributed by atoms with E-state index in [-0.39, 0.29) is 11.9 Å². The summed E-state index contributed by atoms with van der Waals surface area (Å²) in [6.07, 6.45) is 1.22. The van der Waals surface area contributed by atoms with Crippen molar-refractivity contribution in [2.75, 3.05) is 0 Å². The molecule has 0 saturated carbocycles. The number of nitrogens with one attached hydrogen (secondary N) is 1. The van der Waals surface area contributed by atoms with Gasteiger partial charge in [-0.3, -0.25) is 9.20 Å². The molecule has 0 aliphatic carbocycles. The van der Waals surface area contributed by atoms with Gasteiger partial charge in [0.25, 0.3) is 5.91 Å². The number of aromatic nitrogens is 3. The maximum Gasteiger partial charge on any atom is 0.261 e. The molecule has 6 nitrogen and oxygen atoms in total. The highest BCUT2D eigenvalue weighted by Gasteiger charge is 2.20. The van der Waals surface area contributed by atoms with Crippen molar-refractivity contribution >= 4 is 23.2 Å². The Balaban J connectivity index is 1.66. The summed E-state index contributed by atoms with van der Waals surface area (Å²) in [7, 11) is 0. The number of pyridine rings is 1. The molecule has 1 aromatic carbocycles. The number of nitrogens with zero attached hydrogens (tertiary/aromatic N) is 3. The summed E-state index contributed by atoms with van der Waals surface area (Å²) in [6.45, 7) is 3.55. The number of benzene rings is 1. The van der Waals surface area contributed by atoms with Crippen LogP contribution in [0.4, 0.5) is 0 Å². The van der Waals surface area contributed by atoms with Gasteiger partial charge in [-0.25, -0.2) is 0 Å². The largest absolute Gasteiger partial charge is 0.481 e.